The van der Waals surface area contributed by atoms with Crippen molar-refractivity contribution in [2.45, 2.75) is 26.3 Å². The van der Waals surface area contributed by atoms with Crippen molar-refractivity contribution in [2.75, 3.05) is 13.2 Å². The number of nitrogens with one attached hydrogen (secondary N) is 1. The van der Waals surface area contributed by atoms with Crippen LogP contribution in [0.1, 0.15) is 20.3 Å². The molecule has 0 aliphatic carbocycles. The van der Waals surface area contributed by atoms with Crippen LogP contribution in [0, 0.1) is 10.1 Å². The molecule has 1 N–H and O–H groups in total. The first-order chi connectivity index (χ1) is 8.52. The van der Waals surface area contributed by atoms with Crippen LogP contribution in [0.2, 0.25) is 0 Å². The highest BCUT2D eigenvalue weighted by Gasteiger charge is 2.15. The fourth-order valence-electron chi connectivity index (χ4n) is 1.40. The molecule has 0 radical (unpaired) electrons. The second-order valence-corrected chi connectivity index (χ2v) is 4.95. The van der Waals surface area contributed by atoms with Crippen LogP contribution in [0.25, 0.3) is 0 Å². The quantitative estimate of drug-likeness (QED) is 0.477. The van der Waals surface area contributed by atoms with Gasteiger partial charge in [-0.25, -0.2) is 0 Å². The Balaban J connectivity index is 2.48. The first-order valence-corrected chi connectivity index (χ1v) is 6.60. The molecule has 0 bridgehead atoms. The second kappa shape index (κ2) is 7.33. The van der Waals surface area contributed by atoms with Crippen LogP contribution < -0.4 is 10.1 Å². The normalized spacial score (nSPS) is 10.7. The fraction of sp³-hybridized carbons (Fsp3) is 0.500. The Bertz CT molecular complexity index is 410. The van der Waals surface area contributed by atoms with Gasteiger partial charge in [0.2, 0.25) is 0 Å². The van der Waals surface area contributed by atoms with Crippen LogP contribution in [0.5, 0.6) is 5.75 Å². The molecule has 1 aromatic carbocycles. The Hall–Kier alpha value is -1.14. The van der Waals surface area contributed by atoms with Gasteiger partial charge >= 0.3 is 0 Å². The molecule has 0 aliphatic rings. The third kappa shape index (κ3) is 4.62. The molecule has 0 aromatic heterocycles. The smallest absolute Gasteiger partial charge is 0.287 e. The molecule has 18 heavy (non-hydrogen) atoms. The first-order valence-electron chi connectivity index (χ1n) is 5.81. The second-order valence-electron chi connectivity index (χ2n) is 4.16. The van der Waals surface area contributed by atoms with Crippen molar-refractivity contribution in [1.82, 2.24) is 5.32 Å². The maximum Gasteiger partial charge on any atom is 0.287 e. The number of nitro benzene ring substituents is 1. The summed E-state index contributed by atoms with van der Waals surface area (Å²) < 4.78 is 5.91. The van der Waals surface area contributed by atoms with Gasteiger partial charge in [-0.1, -0.05) is 19.9 Å². The number of benzene rings is 1. The van der Waals surface area contributed by atoms with Crippen LogP contribution in [-0.4, -0.2) is 24.1 Å². The lowest BCUT2D eigenvalue weighted by atomic mass is 10.3. The van der Waals surface area contributed by atoms with Gasteiger partial charge in [-0.3, -0.25) is 10.1 Å². The molecule has 5 nitrogen and oxygen atoms in total. The third-order valence-corrected chi connectivity index (χ3v) is 3.07. The van der Waals surface area contributed by atoms with Crippen molar-refractivity contribution in [3.63, 3.8) is 0 Å². The van der Waals surface area contributed by atoms with Crippen LogP contribution in [0.4, 0.5) is 5.69 Å². The Morgan fingerprint density at radius 3 is 2.83 bits per heavy atom. The number of rotatable bonds is 7. The van der Waals surface area contributed by atoms with E-state index in [0.29, 0.717) is 22.9 Å². The zero-order valence-corrected chi connectivity index (χ0v) is 12.1. The summed E-state index contributed by atoms with van der Waals surface area (Å²) in [6.07, 6.45) is 0.854. The molecule has 0 spiro atoms. The predicted molar refractivity (Wildman–Crippen MR) is 74.0 cm³/mol. The standard InChI is InChI=1S/C12H17BrN2O3/c1-9(2)14-7-4-8-18-11-6-3-5-10(12(11)13)15(16)17/h3,5-6,9,14H,4,7-8H2,1-2H3. The minimum atomic E-state index is -0.433. The molecule has 0 saturated heterocycles. The molecule has 100 valence electrons. The summed E-state index contributed by atoms with van der Waals surface area (Å²) in [5.41, 5.74) is 0.0211. The van der Waals surface area contributed by atoms with E-state index in [1.165, 1.54) is 6.07 Å². The monoisotopic (exact) mass is 316 g/mol. The Morgan fingerprint density at radius 1 is 1.50 bits per heavy atom. The average Bonchev–Trinajstić information content (AvgIpc) is 2.30. The van der Waals surface area contributed by atoms with Gasteiger partial charge in [0, 0.05) is 12.1 Å². The lowest BCUT2D eigenvalue weighted by molar-refractivity contribution is -0.385. The zero-order chi connectivity index (χ0) is 13.5. The molecule has 0 atom stereocenters. The van der Waals surface area contributed by atoms with Crippen LogP contribution in [0.15, 0.2) is 22.7 Å². The molecule has 6 heteroatoms. The number of nitro groups is 1. The van der Waals surface area contributed by atoms with Crippen molar-refractivity contribution >= 4 is 21.6 Å². The first kappa shape index (κ1) is 14.9. The predicted octanol–water partition coefficient (Wildman–Crippen LogP) is 3.12. The van der Waals surface area contributed by atoms with Crippen molar-refractivity contribution < 1.29 is 9.66 Å². The SMILES string of the molecule is CC(C)NCCCOc1cccc([N+](=O)[O-])c1Br. The van der Waals surface area contributed by atoms with Gasteiger partial charge in [-0.15, -0.1) is 0 Å². The Kier molecular flexibility index (Phi) is 6.07. The van der Waals surface area contributed by atoms with Gasteiger partial charge < -0.3 is 10.1 Å². The summed E-state index contributed by atoms with van der Waals surface area (Å²) in [7, 11) is 0. The lowest BCUT2D eigenvalue weighted by Gasteiger charge is -2.10. The highest BCUT2D eigenvalue weighted by atomic mass is 79.9. The van der Waals surface area contributed by atoms with Gasteiger partial charge in [0.25, 0.3) is 5.69 Å². The lowest BCUT2D eigenvalue weighted by Crippen LogP contribution is -2.24. The van der Waals surface area contributed by atoms with Crippen molar-refractivity contribution in [1.29, 1.82) is 0 Å². The number of halogens is 1. The minimum Gasteiger partial charge on any atom is -0.492 e. The molecular weight excluding hydrogens is 300 g/mol. The van der Waals surface area contributed by atoms with E-state index in [4.69, 9.17) is 4.74 Å². The molecule has 0 unspecified atom stereocenters. The molecular formula is C12H17BrN2O3. The molecule has 1 aromatic rings. The van der Waals surface area contributed by atoms with Gasteiger partial charge in [0.1, 0.15) is 10.2 Å². The van der Waals surface area contributed by atoms with E-state index in [1.54, 1.807) is 12.1 Å². The maximum atomic E-state index is 10.7. The highest BCUT2D eigenvalue weighted by molar-refractivity contribution is 9.10. The van der Waals surface area contributed by atoms with Crippen molar-refractivity contribution in [2.24, 2.45) is 0 Å². The zero-order valence-electron chi connectivity index (χ0n) is 10.5. The third-order valence-electron chi connectivity index (χ3n) is 2.27. The number of hydrogen-bond acceptors (Lipinski definition) is 4. The molecule has 0 heterocycles. The van der Waals surface area contributed by atoms with Gasteiger partial charge in [-0.05, 0) is 35.0 Å². The summed E-state index contributed by atoms with van der Waals surface area (Å²) in [5, 5.41) is 14.0. The maximum absolute atomic E-state index is 10.7. The van der Waals surface area contributed by atoms with Gasteiger partial charge in [-0.2, -0.15) is 0 Å². The summed E-state index contributed by atoms with van der Waals surface area (Å²) >= 11 is 3.19. The van der Waals surface area contributed by atoms with Gasteiger partial charge in [0.15, 0.2) is 0 Å². The molecule has 0 amide bonds. The Morgan fingerprint density at radius 2 is 2.22 bits per heavy atom. The number of ether oxygens (including phenoxy) is 1. The summed E-state index contributed by atoms with van der Waals surface area (Å²) in [5.74, 6) is 0.508. The van der Waals surface area contributed by atoms with E-state index >= 15 is 0 Å². The van der Waals surface area contributed by atoms with Crippen LogP contribution in [-0.2, 0) is 0 Å². The van der Waals surface area contributed by atoms with E-state index in [2.05, 4.69) is 35.1 Å². The summed E-state index contributed by atoms with van der Waals surface area (Å²) in [6, 6.07) is 5.23. The topological polar surface area (TPSA) is 64.4 Å². The van der Waals surface area contributed by atoms with E-state index in [9.17, 15) is 10.1 Å². The van der Waals surface area contributed by atoms with E-state index < -0.39 is 4.92 Å². The van der Waals surface area contributed by atoms with E-state index in [1.807, 2.05) is 0 Å². The number of nitrogens with zero attached hydrogens (tertiary/aromatic N) is 1. The van der Waals surface area contributed by atoms with Crippen molar-refractivity contribution in [3.05, 3.63) is 32.8 Å². The highest BCUT2D eigenvalue weighted by Crippen LogP contribution is 2.33. The molecule has 0 aliphatic heterocycles. The Labute approximate surface area is 115 Å². The van der Waals surface area contributed by atoms with Crippen LogP contribution >= 0.6 is 15.9 Å². The fourth-order valence-corrected chi connectivity index (χ4v) is 1.92. The summed E-state index contributed by atoms with van der Waals surface area (Å²) in [4.78, 5) is 10.3. The molecule has 0 fully saturated rings. The van der Waals surface area contributed by atoms with E-state index in [-0.39, 0.29) is 5.69 Å². The molecule has 1 rings (SSSR count). The van der Waals surface area contributed by atoms with Crippen LogP contribution in [0.3, 0.4) is 0 Å². The van der Waals surface area contributed by atoms with Gasteiger partial charge in [0.05, 0.1) is 11.5 Å². The van der Waals surface area contributed by atoms with E-state index in [0.717, 1.165) is 13.0 Å². The largest absolute Gasteiger partial charge is 0.492 e. The average molecular weight is 317 g/mol. The minimum absolute atomic E-state index is 0.0211. The van der Waals surface area contributed by atoms with Crippen molar-refractivity contribution in [3.8, 4) is 5.75 Å². The summed E-state index contributed by atoms with van der Waals surface area (Å²) in [6.45, 7) is 5.56. The number of hydrogen-bond donors (Lipinski definition) is 1. The molecule has 0 saturated carbocycles.